The lowest BCUT2D eigenvalue weighted by Crippen LogP contribution is -2.40. The lowest BCUT2D eigenvalue weighted by Gasteiger charge is -2.21. The molecular formula is C19H25N7O4. The van der Waals surface area contributed by atoms with Crippen molar-refractivity contribution in [3.63, 3.8) is 0 Å². The summed E-state index contributed by atoms with van der Waals surface area (Å²) < 4.78 is 1.43. The summed E-state index contributed by atoms with van der Waals surface area (Å²) in [5.74, 6) is -0.253. The molecule has 3 rings (SSSR count). The Morgan fingerprint density at radius 1 is 1.23 bits per heavy atom. The Morgan fingerprint density at radius 2 is 2.03 bits per heavy atom. The van der Waals surface area contributed by atoms with Crippen LogP contribution < -0.4 is 5.32 Å². The number of hydrogen-bond donors (Lipinski definition) is 1. The van der Waals surface area contributed by atoms with Gasteiger partial charge in [-0.15, -0.1) is 5.10 Å². The molecule has 0 radical (unpaired) electrons. The number of aromatic nitrogens is 3. The van der Waals surface area contributed by atoms with Crippen LogP contribution >= 0.6 is 0 Å². The molecule has 1 saturated heterocycles. The number of nitrogens with one attached hydrogen (secondary N) is 1. The Kier molecular flexibility index (Phi) is 6.72. The minimum Gasteiger partial charge on any atom is -0.355 e. The molecule has 0 saturated carbocycles. The summed E-state index contributed by atoms with van der Waals surface area (Å²) in [6.07, 6.45) is 0.753. The van der Waals surface area contributed by atoms with E-state index in [1.54, 1.807) is 24.0 Å². The first-order chi connectivity index (χ1) is 14.4. The average molecular weight is 415 g/mol. The van der Waals surface area contributed by atoms with Crippen LogP contribution in [0.25, 0.3) is 5.69 Å². The standard InChI is InChI=1S/C19H25N7O4/c1-3-20-17(27)13-23-8-5-9-24(11-10-23)19(28)18-14(2)25(22-21-18)15-6-4-7-16(12-15)26(29)30/h4,6-7,12H,3,5,8-11,13H2,1-2H3,(H,20,27). The monoisotopic (exact) mass is 415 g/mol. The zero-order chi connectivity index (χ0) is 21.7. The van der Waals surface area contributed by atoms with E-state index in [0.29, 0.717) is 44.1 Å². The molecule has 1 aromatic carbocycles. The van der Waals surface area contributed by atoms with Gasteiger partial charge in [0.25, 0.3) is 11.6 Å². The lowest BCUT2D eigenvalue weighted by atomic mass is 10.2. The molecule has 1 N–H and O–H groups in total. The van der Waals surface area contributed by atoms with Gasteiger partial charge in [0.05, 0.1) is 22.8 Å². The molecule has 2 aromatic rings. The molecule has 1 aliphatic rings. The molecule has 0 unspecified atom stereocenters. The van der Waals surface area contributed by atoms with E-state index in [4.69, 9.17) is 0 Å². The topological polar surface area (TPSA) is 127 Å². The number of carbonyl (C=O) groups is 2. The van der Waals surface area contributed by atoms with Crippen molar-refractivity contribution >= 4 is 17.5 Å². The van der Waals surface area contributed by atoms with Crippen molar-refractivity contribution in [1.82, 2.24) is 30.1 Å². The summed E-state index contributed by atoms with van der Waals surface area (Å²) in [5, 5.41) is 21.9. The zero-order valence-corrected chi connectivity index (χ0v) is 17.1. The quantitative estimate of drug-likeness (QED) is 0.545. The molecule has 11 nitrogen and oxygen atoms in total. The van der Waals surface area contributed by atoms with Crippen molar-refractivity contribution in [1.29, 1.82) is 0 Å². The van der Waals surface area contributed by atoms with Crippen molar-refractivity contribution < 1.29 is 14.5 Å². The first-order valence-corrected chi connectivity index (χ1v) is 9.86. The maximum Gasteiger partial charge on any atom is 0.276 e. The molecule has 1 aromatic heterocycles. The van der Waals surface area contributed by atoms with E-state index in [2.05, 4.69) is 15.6 Å². The number of amides is 2. The predicted octanol–water partition coefficient (Wildman–Crippen LogP) is 0.768. The second kappa shape index (κ2) is 9.44. The van der Waals surface area contributed by atoms with Crippen LogP contribution in [0.3, 0.4) is 0 Å². The number of benzene rings is 1. The van der Waals surface area contributed by atoms with Crippen molar-refractivity contribution in [2.75, 3.05) is 39.3 Å². The highest BCUT2D eigenvalue weighted by atomic mass is 16.6. The van der Waals surface area contributed by atoms with E-state index in [0.717, 1.165) is 13.0 Å². The van der Waals surface area contributed by atoms with Crippen molar-refractivity contribution in [2.24, 2.45) is 0 Å². The van der Waals surface area contributed by atoms with Gasteiger partial charge in [0.2, 0.25) is 5.91 Å². The number of rotatable bonds is 6. The van der Waals surface area contributed by atoms with Crippen LogP contribution in [0.1, 0.15) is 29.5 Å². The molecule has 0 aliphatic carbocycles. The van der Waals surface area contributed by atoms with Gasteiger partial charge in [-0.25, -0.2) is 4.68 Å². The maximum absolute atomic E-state index is 13.0. The number of nitro benzene ring substituents is 1. The summed E-state index contributed by atoms with van der Waals surface area (Å²) in [5.41, 5.74) is 1.15. The van der Waals surface area contributed by atoms with Crippen LogP contribution in [0.2, 0.25) is 0 Å². The van der Waals surface area contributed by atoms with E-state index >= 15 is 0 Å². The lowest BCUT2D eigenvalue weighted by molar-refractivity contribution is -0.384. The molecule has 30 heavy (non-hydrogen) atoms. The van der Waals surface area contributed by atoms with Crippen LogP contribution in [-0.4, -0.2) is 80.8 Å². The molecule has 0 spiro atoms. The van der Waals surface area contributed by atoms with E-state index < -0.39 is 4.92 Å². The van der Waals surface area contributed by atoms with Crippen LogP contribution in [0.5, 0.6) is 0 Å². The zero-order valence-electron chi connectivity index (χ0n) is 17.1. The SMILES string of the molecule is CCNC(=O)CN1CCCN(C(=O)c2nnn(-c3cccc([N+](=O)[O-])c3)c2C)CC1. The van der Waals surface area contributed by atoms with E-state index in [1.807, 2.05) is 11.8 Å². The highest BCUT2D eigenvalue weighted by Gasteiger charge is 2.26. The number of hydrogen-bond acceptors (Lipinski definition) is 7. The molecule has 2 heterocycles. The van der Waals surface area contributed by atoms with Gasteiger partial charge in [-0.05, 0) is 26.3 Å². The fourth-order valence-electron chi connectivity index (χ4n) is 3.45. The molecule has 0 bridgehead atoms. The number of likely N-dealkylation sites (N-methyl/N-ethyl adjacent to an activating group) is 1. The van der Waals surface area contributed by atoms with Crippen molar-refractivity contribution in [2.45, 2.75) is 20.3 Å². The third-order valence-corrected chi connectivity index (χ3v) is 5.00. The van der Waals surface area contributed by atoms with E-state index in [-0.39, 0.29) is 23.2 Å². The Hall–Kier alpha value is -3.34. The van der Waals surface area contributed by atoms with Gasteiger partial charge in [0.15, 0.2) is 5.69 Å². The maximum atomic E-state index is 13.0. The number of non-ortho nitro benzene ring substituents is 1. The molecule has 11 heteroatoms. The van der Waals surface area contributed by atoms with Crippen LogP contribution in [0.15, 0.2) is 24.3 Å². The summed E-state index contributed by atoms with van der Waals surface area (Å²) >= 11 is 0. The van der Waals surface area contributed by atoms with Gasteiger partial charge < -0.3 is 10.2 Å². The van der Waals surface area contributed by atoms with Gasteiger partial charge in [-0.3, -0.25) is 24.6 Å². The summed E-state index contributed by atoms with van der Waals surface area (Å²) in [6, 6.07) is 6.02. The number of nitrogens with zero attached hydrogens (tertiary/aromatic N) is 6. The van der Waals surface area contributed by atoms with Gasteiger partial charge in [-0.1, -0.05) is 11.3 Å². The normalized spacial score (nSPS) is 14.9. The summed E-state index contributed by atoms with van der Waals surface area (Å²) in [4.78, 5) is 39.1. The highest BCUT2D eigenvalue weighted by molar-refractivity contribution is 5.93. The minimum atomic E-state index is -0.481. The first kappa shape index (κ1) is 21.4. The third-order valence-electron chi connectivity index (χ3n) is 5.00. The van der Waals surface area contributed by atoms with E-state index in [9.17, 15) is 19.7 Å². The number of nitro groups is 1. The Morgan fingerprint density at radius 3 is 2.77 bits per heavy atom. The second-order valence-electron chi connectivity index (χ2n) is 7.09. The van der Waals surface area contributed by atoms with Crippen molar-refractivity contribution in [3.8, 4) is 5.69 Å². The van der Waals surface area contributed by atoms with Crippen LogP contribution in [0, 0.1) is 17.0 Å². The summed E-state index contributed by atoms with van der Waals surface area (Å²) in [6.45, 7) is 6.89. The fourth-order valence-corrected chi connectivity index (χ4v) is 3.45. The second-order valence-corrected chi connectivity index (χ2v) is 7.09. The largest absolute Gasteiger partial charge is 0.355 e. The molecule has 160 valence electrons. The Balaban J connectivity index is 1.71. The first-order valence-electron chi connectivity index (χ1n) is 9.86. The van der Waals surface area contributed by atoms with Gasteiger partial charge in [0.1, 0.15) is 0 Å². The van der Waals surface area contributed by atoms with Gasteiger partial charge >= 0.3 is 0 Å². The molecule has 2 amide bonds. The number of carbonyl (C=O) groups excluding carboxylic acids is 2. The molecule has 1 aliphatic heterocycles. The van der Waals surface area contributed by atoms with Crippen LogP contribution in [0.4, 0.5) is 5.69 Å². The smallest absolute Gasteiger partial charge is 0.276 e. The van der Waals surface area contributed by atoms with Crippen LogP contribution in [-0.2, 0) is 4.79 Å². The Bertz CT molecular complexity index is 943. The molecule has 1 fully saturated rings. The third kappa shape index (κ3) is 4.79. The van der Waals surface area contributed by atoms with Crippen molar-refractivity contribution in [3.05, 3.63) is 45.8 Å². The fraction of sp³-hybridized carbons (Fsp3) is 0.474. The predicted molar refractivity (Wildman–Crippen MR) is 108 cm³/mol. The minimum absolute atomic E-state index is 0.0204. The Labute approximate surface area is 173 Å². The average Bonchev–Trinajstić information content (AvgIpc) is 2.95. The molecular weight excluding hydrogens is 390 g/mol. The molecule has 0 atom stereocenters. The van der Waals surface area contributed by atoms with E-state index in [1.165, 1.54) is 16.8 Å². The van der Waals surface area contributed by atoms with Gasteiger partial charge in [-0.2, -0.15) is 0 Å². The summed E-state index contributed by atoms with van der Waals surface area (Å²) in [7, 11) is 0. The van der Waals surface area contributed by atoms with Gasteiger partial charge in [0, 0.05) is 44.9 Å². The highest BCUT2D eigenvalue weighted by Crippen LogP contribution is 2.19.